The Labute approximate surface area is 153 Å². The first-order valence-electron chi connectivity index (χ1n) is 8.74. The number of hydrogen-bond acceptors (Lipinski definition) is 4. The zero-order valence-corrected chi connectivity index (χ0v) is 15.1. The third-order valence-corrected chi connectivity index (χ3v) is 4.47. The molecule has 6 heteroatoms. The van der Waals surface area contributed by atoms with Gasteiger partial charge in [0.25, 0.3) is 0 Å². The molecular formula is C20H23N3O3. The number of Topliss-reactive ketones (excluding diaryl/α,β-unsaturated/α-hetero) is 1. The van der Waals surface area contributed by atoms with E-state index >= 15 is 0 Å². The lowest BCUT2D eigenvalue weighted by Gasteiger charge is -2.17. The summed E-state index contributed by atoms with van der Waals surface area (Å²) < 4.78 is 7.39. The number of aromatic nitrogens is 2. The molecule has 2 heterocycles. The first-order valence-corrected chi connectivity index (χ1v) is 8.74. The van der Waals surface area contributed by atoms with E-state index in [9.17, 15) is 9.59 Å². The lowest BCUT2D eigenvalue weighted by Crippen LogP contribution is -2.30. The van der Waals surface area contributed by atoms with Gasteiger partial charge in [0.2, 0.25) is 5.91 Å². The minimum atomic E-state index is -0.0621. The van der Waals surface area contributed by atoms with E-state index in [-0.39, 0.29) is 11.7 Å². The maximum absolute atomic E-state index is 12.4. The first-order chi connectivity index (χ1) is 12.6. The van der Waals surface area contributed by atoms with Gasteiger partial charge < -0.3 is 14.2 Å². The molecule has 26 heavy (non-hydrogen) atoms. The number of hydrogen-bond donors (Lipinski definition) is 0. The average molecular weight is 353 g/mol. The van der Waals surface area contributed by atoms with Crippen LogP contribution < -0.4 is 4.74 Å². The van der Waals surface area contributed by atoms with Crippen LogP contribution in [0.5, 0.6) is 5.75 Å². The topological polar surface area (TPSA) is 64.4 Å². The minimum Gasteiger partial charge on any atom is -0.495 e. The van der Waals surface area contributed by atoms with Crippen LogP contribution in [0.3, 0.4) is 0 Å². The van der Waals surface area contributed by atoms with Crippen molar-refractivity contribution in [2.24, 2.45) is 0 Å². The van der Waals surface area contributed by atoms with Crippen molar-refractivity contribution in [3.05, 3.63) is 48.1 Å². The summed E-state index contributed by atoms with van der Waals surface area (Å²) >= 11 is 0. The summed E-state index contributed by atoms with van der Waals surface area (Å²) in [6.45, 7) is 3.07. The molecule has 0 atom stereocenters. The van der Waals surface area contributed by atoms with Gasteiger partial charge in [0.15, 0.2) is 0 Å². The van der Waals surface area contributed by atoms with Gasteiger partial charge in [-0.05, 0) is 37.1 Å². The molecule has 1 aliphatic heterocycles. The van der Waals surface area contributed by atoms with Crippen LogP contribution in [0.4, 0.5) is 0 Å². The van der Waals surface area contributed by atoms with E-state index in [1.165, 1.54) is 0 Å². The van der Waals surface area contributed by atoms with E-state index in [4.69, 9.17) is 4.74 Å². The minimum absolute atomic E-state index is 0.0621. The van der Waals surface area contributed by atoms with E-state index in [2.05, 4.69) is 4.98 Å². The summed E-state index contributed by atoms with van der Waals surface area (Å²) in [4.78, 5) is 29.8. The number of likely N-dealkylation sites (tertiary alicyclic amines) is 1. The van der Waals surface area contributed by atoms with Gasteiger partial charge in [0.1, 0.15) is 11.5 Å². The maximum atomic E-state index is 12.4. The molecule has 1 aromatic heterocycles. The molecule has 1 saturated heterocycles. The van der Waals surface area contributed by atoms with Crippen molar-refractivity contribution in [3.63, 3.8) is 0 Å². The number of benzene rings is 1. The molecule has 0 bridgehead atoms. The van der Waals surface area contributed by atoms with Crippen LogP contribution >= 0.6 is 0 Å². The number of imidazole rings is 1. The standard InChI is InChI=1S/C20H23N3O3/c1-15-13-23(14-21-15)18-7-5-16(12-19(18)26-2)6-8-20(25)22-10-3-4-17(24)9-11-22/h5-8,12-14H,3-4,9-11H2,1-2H3/b8-6+. The number of ketones is 1. The Morgan fingerprint density at radius 3 is 2.85 bits per heavy atom. The third-order valence-electron chi connectivity index (χ3n) is 4.47. The van der Waals surface area contributed by atoms with Gasteiger partial charge in [-0.2, -0.15) is 0 Å². The summed E-state index contributed by atoms with van der Waals surface area (Å²) in [6.07, 6.45) is 8.77. The van der Waals surface area contributed by atoms with Crippen molar-refractivity contribution in [3.8, 4) is 11.4 Å². The van der Waals surface area contributed by atoms with Gasteiger partial charge in [-0.1, -0.05) is 6.07 Å². The van der Waals surface area contributed by atoms with Crippen molar-refractivity contribution in [2.75, 3.05) is 20.2 Å². The lowest BCUT2D eigenvalue weighted by atomic mass is 10.1. The van der Waals surface area contributed by atoms with Crippen LogP contribution in [0.2, 0.25) is 0 Å². The average Bonchev–Trinajstić information content (AvgIpc) is 2.95. The van der Waals surface area contributed by atoms with Gasteiger partial charge in [0.05, 0.1) is 24.8 Å². The number of nitrogens with zero attached hydrogens (tertiary/aromatic N) is 3. The second-order valence-electron chi connectivity index (χ2n) is 6.40. The summed E-state index contributed by atoms with van der Waals surface area (Å²) in [5, 5.41) is 0. The van der Waals surface area contributed by atoms with E-state index in [1.54, 1.807) is 30.5 Å². The van der Waals surface area contributed by atoms with Crippen LogP contribution in [-0.2, 0) is 9.59 Å². The Balaban J connectivity index is 1.74. The fourth-order valence-corrected chi connectivity index (χ4v) is 3.02. The van der Waals surface area contributed by atoms with Crippen LogP contribution in [0, 0.1) is 6.92 Å². The van der Waals surface area contributed by atoms with Crippen molar-refractivity contribution in [1.82, 2.24) is 14.5 Å². The van der Waals surface area contributed by atoms with E-state index in [1.807, 2.05) is 35.9 Å². The summed E-state index contributed by atoms with van der Waals surface area (Å²) in [5.41, 5.74) is 2.70. The van der Waals surface area contributed by atoms with Gasteiger partial charge in [-0.25, -0.2) is 4.98 Å². The SMILES string of the molecule is COc1cc(/C=C/C(=O)N2CCCC(=O)CC2)ccc1-n1cnc(C)c1. The molecule has 0 N–H and O–H groups in total. The zero-order valence-electron chi connectivity index (χ0n) is 15.1. The highest BCUT2D eigenvalue weighted by atomic mass is 16.5. The number of ether oxygens (including phenoxy) is 1. The quantitative estimate of drug-likeness (QED) is 0.793. The normalized spacial score (nSPS) is 15.3. The Morgan fingerprint density at radius 2 is 2.12 bits per heavy atom. The van der Waals surface area contributed by atoms with E-state index < -0.39 is 0 Å². The second-order valence-corrected chi connectivity index (χ2v) is 6.40. The van der Waals surface area contributed by atoms with Gasteiger partial charge in [-0.15, -0.1) is 0 Å². The van der Waals surface area contributed by atoms with Gasteiger partial charge in [0, 0.05) is 38.2 Å². The highest BCUT2D eigenvalue weighted by molar-refractivity contribution is 5.92. The van der Waals surface area contributed by atoms with Crippen LogP contribution in [0.25, 0.3) is 11.8 Å². The summed E-state index contributed by atoms with van der Waals surface area (Å²) in [7, 11) is 1.62. The van der Waals surface area contributed by atoms with Gasteiger partial charge >= 0.3 is 0 Å². The summed E-state index contributed by atoms with van der Waals surface area (Å²) in [6, 6.07) is 5.76. The molecule has 2 aromatic rings. The van der Waals surface area contributed by atoms with Crippen molar-refractivity contribution in [1.29, 1.82) is 0 Å². The second kappa shape index (κ2) is 7.99. The number of carbonyl (C=O) groups is 2. The van der Waals surface area contributed by atoms with Crippen molar-refractivity contribution < 1.29 is 14.3 Å². The lowest BCUT2D eigenvalue weighted by molar-refractivity contribution is -0.126. The molecule has 136 valence electrons. The molecule has 0 spiro atoms. The molecule has 3 rings (SSSR count). The maximum Gasteiger partial charge on any atom is 0.246 e. The number of rotatable bonds is 4. The monoisotopic (exact) mass is 353 g/mol. The molecule has 1 aliphatic rings. The largest absolute Gasteiger partial charge is 0.495 e. The number of carbonyl (C=O) groups excluding carboxylic acids is 2. The van der Waals surface area contributed by atoms with Crippen molar-refractivity contribution >= 4 is 17.8 Å². The van der Waals surface area contributed by atoms with E-state index in [0.717, 1.165) is 23.4 Å². The first kappa shape index (κ1) is 17.9. The summed E-state index contributed by atoms with van der Waals surface area (Å²) in [5.74, 6) is 0.879. The zero-order chi connectivity index (χ0) is 18.5. The molecular weight excluding hydrogens is 330 g/mol. The number of amides is 1. The molecule has 1 aromatic carbocycles. The predicted octanol–water partition coefficient (Wildman–Crippen LogP) is 2.78. The predicted molar refractivity (Wildman–Crippen MR) is 99.3 cm³/mol. The Morgan fingerprint density at radius 1 is 1.27 bits per heavy atom. The molecule has 0 saturated carbocycles. The highest BCUT2D eigenvalue weighted by Crippen LogP contribution is 2.25. The fraction of sp³-hybridized carbons (Fsp3) is 0.350. The number of aryl methyl sites for hydroxylation is 1. The molecule has 0 radical (unpaired) electrons. The highest BCUT2D eigenvalue weighted by Gasteiger charge is 2.16. The van der Waals surface area contributed by atoms with E-state index in [0.29, 0.717) is 31.7 Å². The van der Waals surface area contributed by atoms with Crippen LogP contribution in [0.15, 0.2) is 36.8 Å². The molecule has 0 aliphatic carbocycles. The smallest absolute Gasteiger partial charge is 0.246 e. The Bertz CT molecular complexity index is 839. The molecule has 0 unspecified atom stereocenters. The molecule has 1 fully saturated rings. The Hall–Kier alpha value is -2.89. The number of methoxy groups -OCH3 is 1. The molecule has 6 nitrogen and oxygen atoms in total. The van der Waals surface area contributed by atoms with Crippen LogP contribution in [-0.4, -0.2) is 46.3 Å². The Kier molecular flexibility index (Phi) is 5.51. The molecule has 1 amide bonds. The van der Waals surface area contributed by atoms with Gasteiger partial charge in [-0.3, -0.25) is 9.59 Å². The van der Waals surface area contributed by atoms with Crippen molar-refractivity contribution in [2.45, 2.75) is 26.2 Å². The van der Waals surface area contributed by atoms with Crippen LogP contribution in [0.1, 0.15) is 30.5 Å². The third kappa shape index (κ3) is 4.20. The fourth-order valence-electron chi connectivity index (χ4n) is 3.02.